The lowest BCUT2D eigenvalue weighted by Crippen LogP contribution is -2.51. The molecule has 0 aromatic carbocycles. The highest BCUT2D eigenvalue weighted by atomic mass is 16.7. The fourth-order valence-electron chi connectivity index (χ4n) is 1.02. The van der Waals surface area contributed by atoms with Gasteiger partial charge in [0, 0.05) is 7.11 Å². The number of rotatable bonds is 1. The zero-order valence-electron chi connectivity index (χ0n) is 5.99. The fraction of sp³-hybridized carbons (Fsp3) is 1.00. The molecule has 1 aliphatic rings. The van der Waals surface area contributed by atoms with Crippen LogP contribution < -0.4 is 5.73 Å². The molecule has 0 aromatic heterocycles. The van der Waals surface area contributed by atoms with E-state index in [4.69, 9.17) is 15.2 Å². The average Bonchev–Trinajstić information content (AvgIpc) is 1.95. The van der Waals surface area contributed by atoms with E-state index in [1.54, 1.807) is 0 Å². The fourth-order valence-corrected chi connectivity index (χ4v) is 1.02. The van der Waals surface area contributed by atoms with E-state index in [0.717, 1.165) is 0 Å². The maximum atomic E-state index is 9.19. The minimum absolute atomic E-state index is 0.404. The molecule has 0 bridgehead atoms. The maximum Gasteiger partial charge on any atom is 0.174 e. The first kappa shape index (κ1) is 7.94. The van der Waals surface area contributed by atoms with Crippen molar-refractivity contribution in [3.63, 3.8) is 0 Å². The van der Waals surface area contributed by atoms with E-state index < -0.39 is 18.4 Å². The normalized spacial score (nSPS) is 41.7. The monoisotopic (exact) mass is 147 g/mol. The summed E-state index contributed by atoms with van der Waals surface area (Å²) in [5, 5.41) is 9.19. The number of aliphatic hydroxyl groups is 1. The van der Waals surface area contributed by atoms with Crippen molar-refractivity contribution in [2.45, 2.75) is 24.9 Å². The molecule has 10 heavy (non-hydrogen) atoms. The summed E-state index contributed by atoms with van der Waals surface area (Å²) in [6, 6.07) is -0.404. The van der Waals surface area contributed by atoms with E-state index in [0.29, 0.717) is 13.0 Å². The Bertz CT molecular complexity index is 109. The van der Waals surface area contributed by atoms with E-state index in [9.17, 15) is 5.11 Å². The van der Waals surface area contributed by atoms with Gasteiger partial charge in [-0.2, -0.15) is 0 Å². The topological polar surface area (TPSA) is 64.7 Å². The Labute approximate surface area is 59.9 Å². The highest BCUT2D eigenvalue weighted by molar-refractivity contribution is 4.78. The summed E-state index contributed by atoms with van der Waals surface area (Å²) in [7, 11) is 1.52. The van der Waals surface area contributed by atoms with Gasteiger partial charge in [0.1, 0.15) is 0 Å². The van der Waals surface area contributed by atoms with E-state index in [1.807, 2.05) is 0 Å². The van der Waals surface area contributed by atoms with Crippen molar-refractivity contribution in [3.8, 4) is 0 Å². The second kappa shape index (κ2) is 3.30. The number of hydrogen-bond donors (Lipinski definition) is 2. The number of methoxy groups -OCH3 is 1. The van der Waals surface area contributed by atoms with Crippen LogP contribution in [-0.2, 0) is 9.47 Å². The number of hydrogen-bond acceptors (Lipinski definition) is 4. The van der Waals surface area contributed by atoms with Gasteiger partial charge in [-0.1, -0.05) is 0 Å². The second-order valence-electron chi connectivity index (χ2n) is 2.41. The van der Waals surface area contributed by atoms with Crippen LogP contribution >= 0.6 is 0 Å². The number of aliphatic hydroxyl groups excluding tert-OH is 1. The van der Waals surface area contributed by atoms with Gasteiger partial charge in [-0.05, 0) is 6.42 Å². The van der Waals surface area contributed by atoms with Crippen molar-refractivity contribution in [3.05, 3.63) is 0 Å². The molecule has 1 heterocycles. The minimum atomic E-state index is -0.487. The molecule has 0 unspecified atom stereocenters. The Morgan fingerprint density at radius 2 is 2.40 bits per heavy atom. The third-order valence-electron chi connectivity index (χ3n) is 1.69. The molecule has 0 saturated carbocycles. The molecule has 0 radical (unpaired) electrons. The Balaban J connectivity index is 2.42. The van der Waals surface area contributed by atoms with E-state index in [1.165, 1.54) is 7.11 Å². The smallest absolute Gasteiger partial charge is 0.174 e. The third-order valence-corrected chi connectivity index (χ3v) is 1.69. The second-order valence-corrected chi connectivity index (χ2v) is 2.41. The van der Waals surface area contributed by atoms with Crippen LogP contribution in [0.1, 0.15) is 6.42 Å². The lowest BCUT2D eigenvalue weighted by molar-refractivity contribution is -0.182. The molecule has 1 saturated heterocycles. The summed E-state index contributed by atoms with van der Waals surface area (Å²) in [5.41, 5.74) is 5.53. The van der Waals surface area contributed by atoms with E-state index >= 15 is 0 Å². The Kier molecular flexibility index (Phi) is 2.62. The number of nitrogens with two attached hydrogens (primary N) is 1. The highest BCUT2D eigenvalue weighted by Gasteiger charge is 2.29. The van der Waals surface area contributed by atoms with Crippen LogP contribution in [0.5, 0.6) is 0 Å². The maximum absolute atomic E-state index is 9.19. The van der Waals surface area contributed by atoms with Crippen LogP contribution in [0.2, 0.25) is 0 Å². The summed E-state index contributed by atoms with van der Waals surface area (Å²) >= 11 is 0. The van der Waals surface area contributed by atoms with Gasteiger partial charge in [-0.3, -0.25) is 0 Å². The summed E-state index contributed by atoms with van der Waals surface area (Å²) < 4.78 is 9.97. The van der Waals surface area contributed by atoms with Gasteiger partial charge < -0.3 is 20.3 Å². The molecule has 4 nitrogen and oxygen atoms in total. The largest absolute Gasteiger partial charge is 0.391 e. The molecule has 0 spiro atoms. The standard InChI is InChI=1S/C6H13NO3/c1-9-6-5(7)4(8)2-3-10-6/h4-6,8H,2-3,7H2,1H3/t4-,5+,6-/m1/s1. The predicted octanol–water partition coefficient (Wildman–Crippen LogP) is -0.933. The Hall–Kier alpha value is -0.160. The molecule has 1 aliphatic heterocycles. The van der Waals surface area contributed by atoms with Gasteiger partial charge in [-0.15, -0.1) is 0 Å². The van der Waals surface area contributed by atoms with Gasteiger partial charge in [0.05, 0.1) is 18.8 Å². The predicted molar refractivity (Wildman–Crippen MR) is 35.3 cm³/mol. The van der Waals surface area contributed by atoms with Crippen LogP contribution in [0.3, 0.4) is 0 Å². The van der Waals surface area contributed by atoms with Crippen LogP contribution in [0.25, 0.3) is 0 Å². The van der Waals surface area contributed by atoms with Gasteiger partial charge in [-0.25, -0.2) is 0 Å². The van der Waals surface area contributed by atoms with Crippen molar-refractivity contribution in [2.24, 2.45) is 5.73 Å². The molecular weight excluding hydrogens is 134 g/mol. The average molecular weight is 147 g/mol. The molecule has 1 fully saturated rings. The highest BCUT2D eigenvalue weighted by Crippen LogP contribution is 2.12. The van der Waals surface area contributed by atoms with Crippen molar-refractivity contribution in [1.29, 1.82) is 0 Å². The van der Waals surface area contributed by atoms with Crippen molar-refractivity contribution in [2.75, 3.05) is 13.7 Å². The zero-order chi connectivity index (χ0) is 7.56. The van der Waals surface area contributed by atoms with Crippen molar-refractivity contribution in [1.82, 2.24) is 0 Å². The molecule has 3 N–H and O–H groups in total. The van der Waals surface area contributed by atoms with Crippen molar-refractivity contribution >= 4 is 0 Å². The Morgan fingerprint density at radius 3 is 2.90 bits per heavy atom. The third kappa shape index (κ3) is 1.46. The zero-order valence-corrected chi connectivity index (χ0v) is 5.99. The molecular formula is C6H13NO3. The quantitative estimate of drug-likeness (QED) is 0.503. The van der Waals surface area contributed by atoms with Gasteiger partial charge in [0.25, 0.3) is 0 Å². The van der Waals surface area contributed by atoms with Gasteiger partial charge >= 0.3 is 0 Å². The van der Waals surface area contributed by atoms with Gasteiger partial charge in [0.15, 0.2) is 6.29 Å². The van der Waals surface area contributed by atoms with Crippen LogP contribution in [0.4, 0.5) is 0 Å². The molecule has 0 amide bonds. The van der Waals surface area contributed by atoms with Crippen LogP contribution in [0, 0.1) is 0 Å². The van der Waals surface area contributed by atoms with Crippen LogP contribution in [-0.4, -0.2) is 37.3 Å². The summed E-state index contributed by atoms with van der Waals surface area (Å²) in [6.45, 7) is 0.521. The first-order valence-electron chi connectivity index (χ1n) is 3.33. The SMILES string of the molecule is CO[C@@H]1OCC[C@@H](O)[C@@H]1N. The van der Waals surface area contributed by atoms with Crippen LogP contribution in [0.15, 0.2) is 0 Å². The Morgan fingerprint density at radius 1 is 1.70 bits per heavy atom. The minimum Gasteiger partial charge on any atom is -0.391 e. The van der Waals surface area contributed by atoms with Gasteiger partial charge in [0.2, 0.25) is 0 Å². The van der Waals surface area contributed by atoms with E-state index in [2.05, 4.69) is 0 Å². The lowest BCUT2D eigenvalue weighted by Gasteiger charge is -2.31. The molecule has 3 atom stereocenters. The summed E-state index contributed by atoms with van der Waals surface area (Å²) in [5.74, 6) is 0. The summed E-state index contributed by atoms with van der Waals surface area (Å²) in [4.78, 5) is 0. The molecule has 0 aliphatic carbocycles. The summed E-state index contributed by atoms with van der Waals surface area (Å²) in [6.07, 6.45) is -0.330. The molecule has 4 heteroatoms. The first-order chi connectivity index (χ1) is 4.75. The lowest BCUT2D eigenvalue weighted by atomic mass is 10.1. The first-order valence-corrected chi connectivity index (χ1v) is 3.33. The number of ether oxygens (including phenoxy) is 2. The van der Waals surface area contributed by atoms with E-state index in [-0.39, 0.29) is 0 Å². The molecule has 1 rings (SSSR count). The van der Waals surface area contributed by atoms with Crippen molar-refractivity contribution < 1.29 is 14.6 Å². The molecule has 0 aromatic rings. The molecule has 60 valence electrons.